The molecule has 1 fully saturated rings. The molecule has 2 aromatic carbocycles. The van der Waals surface area contributed by atoms with Gasteiger partial charge in [0.2, 0.25) is 5.91 Å². The first kappa shape index (κ1) is 23.7. The molecule has 1 aliphatic rings. The number of amides is 1. The largest absolute Gasteiger partial charge is 0.494 e. The van der Waals surface area contributed by atoms with Gasteiger partial charge in [0.1, 0.15) is 11.3 Å². The van der Waals surface area contributed by atoms with Gasteiger partial charge in [0, 0.05) is 13.0 Å². The molecule has 0 aliphatic carbocycles. The van der Waals surface area contributed by atoms with E-state index in [0.717, 1.165) is 28.7 Å². The zero-order chi connectivity index (χ0) is 23.6. The standard InChI is InChI=1S/C24H28N2O5S2/c1-16-6-9-19(10-7-16)33(28,29)14-12-21(27)26(15-18-5-4-13-31-18)24-25-22-20(30-3)11-8-17(2)23(22)32-24/h6-11,18H,4-5,12-15H2,1-3H3. The quantitative estimate of drug-likeness (QED) is 0.470. The van der Waals surface area contributed by atoms with Crippen molar-refractivity contribution in [3.05, 3.63) is 47.5 Å². The first-order valence-corrected chi connectivity index (χ1v) is 13.4. The van der Waals surface area contributed by atoms with Crippen LogP contribution in [0.3, 0.4) is 0 Å². The number of rotatable bonds is 8. The fourth-order valence-corrected chi connectivity index (χ4v) is 6.19. The van der Waals surface area contributed by atoms with Crippen LogP contribution in [0.4, 0.5) is 5.13 Å². The summed E-state index contributed by atoms with van der Waals surface area (Å²) in [4.78, 5) is 19.9. The van der Waals surface area contributed by atoms with Gasteiger partial charge in [-0.05, 0) is 50.5 Å². The molecule has 1 aromatic heterocycles. The Morgan fingerprint density at radius 3 is 2.64 bits per heavy atom. The smallest absolute Gasteiger partial charge is 0.229 e. The van der Waals surface area contributed by atoms with Gasteiger partial charge < -0.3 is 9.47 Å². The highest BCUT2D eigenvalue weighted by Gasteiger charge is 2.28. The van der Waals surface area contributed by atoms with Gasteiger partial charge in [0.05, 0.1) is 35.1 Å². The zero-order valence-electron chi connectivity index (χ0n) is 19.0. The maximum Gasteiger partial charge on any atom is 0.229 e. The van der Waals surface area contributed by atoms with Crippen molar-refractivity contribution in [1.82, 2.24) is 4.98 Å². The van der Waals surface area contributed by atoms with Gasteiger partial charge in [-0.1, -0.05) is 35.1 Å². The number of methoxy groups -OCH3 is 1. The summed E-state index contributed by atoms with van der Waals surface area (Å²) in [6.07, 6.45) is 1.59. The summed E-state index contributed by atoms with van der Waals surface area (Å²) in [6, 6.07) is 10.5. The first-order valence-electron chi connectivity index (χ1n) is 10.9. The second-order valence-corrected chi connectivity index (χ2v) is 11.4. The van der Waals surface area contributed by atoms with Crippen molar-refractivity contribution in [3.63, 3.8) is 0 Å². The zero-order valence-corrected chi connectivity index (χ0v) is 20.7. The molecule has 2 heterocycles. The van der Waals surface area contributed by atoms with Gasteiger partial charge in [-0.25, -0.2) is 13.4 Å². The summed E-state index contributed by atoms with van der Waals surface area (Å²) in [7, 11) is -1.98. The fourth-order valence-electron chi connectivity index (χ4n) is 3.88. The van der Waals surface area contributed by atoms with E-state index in [1.807, 2.05) is 26.0 Å². The van der Waals surface area contributed by atoms with Crippen LogP contribution in [0.25, 0.3) is 10.2 Å². The van der Waals surface area contributed by atoms with Crippen molar-refractivity contribution in [2.24, 2.45) is 0 Å². The lowest BCUT2D eigenvalue weighted by Crippen LogP contribution is -2.38. The summed E-state index contributed by atoms with van der Waals surface area (Å²) in [5.41, 5.74) is 2.73. The molecule has 3 aromatic rings. The van der Waals surface area contributed by atoms with Crippen LogP contribution in [0.2, 0.25) is 0 Å². The predicted octanol–water partition coefficient (Wildman–Crippen LogP) is 4.30. The van der Waals surface area contributed by atoms with Crippen molar-refractivity contribution < 1.29 is 22.7 Å². The summed E-state index contributed by atoms with van der Waals surface area (Å²) in [6.45, 7) is 4.91. The molecule has 0 bridgehead atoms. The molecule has 0 radical (unpaired) electrons. The number of ether oxygens (including phenoxy) is 2. The average Bonchev–Trinajstić information content (AvgIpc) is 3.47. The highest BCUT2D eigenvalue weighted by Crippen LogP contribution is 2.37. The first-order chi connectivity index (χ1) is 15.8. The number of anilines is 1. The lowest BCUT2D eigenvalue weighted by molar-refractivity contribution is -0.118. The van der Waals surface area contributed by atoms with Crippen LogP contribution in [0.15, 0.2) is 41.3 Å². The number of carbonyl (C=O) groups is 1. The Balaban J connectivity index is 1.60. The van der Waals surface area contributed by atoms with Crippen LogP contribution in [-0.2, 0) is 19.4 Å². The maximum absolute atomic E-state index is 13.3. The Kier molecular flexibility index (Phi) is 7.02. The van der Waals surface area contributed by atoms with Crippen molar-refractivity contribution in [2.45, 2.75) is 44.1 Å². The molecule has 1 amide bonds. The van der Waals surface area contributed by atoms with E-state index in [9.17, 15) is 13.2 Å². The highest BCUT2D eigenvalue weighted by atomic mass is 32.2. The SMILES string of the molecule is COc1ccc(C)c2sc(N(CC3CCCO3)C(=O)CCS(=O)(=O)c3ccc(C)cc3)nc12. The van der Waals surface area contributed by atoms with Gasteiger partial charge in [-0.15, -0.1) is 0 Å². The van der Waals surface area contributed by atoms with Crippen molar-refractivity contribution >= 4 is 42.4 Å². The molecule has 1 atom stereocenters. The molecule has 176 valence electrons. The van der Waals surface area contributed by atoms with E-state index in [2.05, 4.69) is 0 Å². The molecule has 1 unspecified atom stereocenters. The molecule has 0 saturated carbocycles. The van der Waals surface area contributed by atoms with E-state index in [1.54, 1.807) is 36.3 Å². The maximum atomic E-state index is 13.3. The monoisotopic (exact) mass is 488 g/mol. The van der Waals surface area contributed by atoms with E-state index in [0.29, 0.717) is 29.5 Å². The Morgan fingerprint density at radius 2 is 1.97 bits per heavy atom. The minimum Gasteiger partial charge on any atom is -0.494 e. The lowest BCUT2D eigenvalue weighted by Gasteiger charge is -2.23. The van der Waals surface area contributed by atoms with Gasteiger partial charge >= 0.3 is 0 Å². The molecule has 33 heavy (non-hydrogen) atoms. The van der Waals surface area contributed by atoms with Crippen LogP contribution in [-0.4, -0.2) is 51.4 Å². The molecule has 1 saturated heterocycles. The second kappa shape index (κ2) is 9.79. The van der Waals surface area contributed by atoms with Crippen molar-refractivity contribution in [1.29, 1.82) is 0 Å². The number of sulfone groups is 1. The van der Waals surface area contributed by atoms with Crippen LogP contribution in [0.1, 0.15) is 30.4 Å². The normalized spacial score (nSPS) is 16.3. The minimum absolute atomic E-state index is 0.0855. The molecule has 4 rings (SSSR count). The summed E-state index contributed by atoms with van der Waals surface area (Å²) < 4.78 is 37.8. The van der Waals surface area contributed by atoms with E-state index in [-0.39, 0.29) is 29.1 Å². The number of nitrogens with zero attached hydrogens (tertiary/aromatic N) is 2. The third-order valence-corrected chi connectivity index (χ3v) is 8.76. The van der Waals surface area contributed by atoms with E-state index < -0.39 is 9.84 Å². The number of aromatic nitrogens is 1. The van der Waals surface area contributed by atoms with Crippen LogP contribution in [0, 0.1) is 13.8 Å². The molecule has 9 heteroatoms. The Bertz CT molecular complexity index is 1250. The minimum atomic E-state index is -3.57. The third-order valence-electron chi connectivity index (χ3n) is 5.82. The molecule has 0 spiro atoms. The second-order valence-electron chi connectivity index (χ2n) is 8.28. The number of thiazole rings is 1. The van der Waals surface area contributed by atoms with Crippen LogP contribution < -0.4 is 9.64 Å². The summed E-state index contributed by atoms with van der Waals surface area (Å²) in [5, 5.41) is 0.533. The molecule has 7 nitrogen and oxygen atoms in total. The van der Waals surface area contributed by atoms with Crippen LogP contribution >= 0.6 is 11.3 Å². The molecule has 0 N–H and O–H groups in total. The Hall–Kier alpha value is -2.49. The molecule has 1 aliphatic heterocycles. The van der Waals surface area contributed by atoms with E-state index >= 15 is 0 Å². The fraction of sp³-hybridized carbons (Fsp3) is 0.417. The Morgan fingerprint density at radius 1 is 1.21 bits per heavy atom. The van der Waals surface area contributed by atoms with Crippen LogP contribution in [0.5, 0.6) is 5.75 Å². The molecular formula is C24H28N2O5S2. The number of hydrogen-bond acceptors (Lipinski definition) is 7. The van der Waals surface area contributed by atoms with E-state index in [4.69, 9.17) is 14.5 Å². The van der Waals surface area contributed by atoms with Crippen molar-refractivity contribution in [2.75, 3.05) is 30.9 Å². The number of fused-ring (bicyclic) bond motifs is 1. The Labute approximate surface area is 198 Å². The highest BCUT2D eigenvalue weighted by molar-refractivity contribution is 7.91. The average molecular weight is 489 g/mol. The molecular weight excluding hydrogens is 460 g/mol. The summed E-state index contributed by atoms with van der Waals surface area (Å²) in [5.74, 6) is 0.103. The predicted molar refractivity (Wildman–Crippen MR) is 130 cm³/mol. The third kappa shape index (κ3) is 5.20. The topological polar surface area (TPSA) is 85.8 Å². The number of hydrogen-bond donors (Lipinski definition) is 0. The van der Waals surface area contributed by atoms with Gasteiger partial charge in [0.15, 0.2) is 15.0 Å². The summed E-state index contributed by atoms with van der Waals surface area (Å²) >= 11 is 1.41. The number of aryl methyl sites for hydroxylation is 2. The van der Waals surface area contributed by atoms with Gasteiger partial charge in [-0.3, -0.25) is 9.69 Å². The number of carbonyl (C=O) groups excluding carboxylic acids is 1. The van der Waals surface area contributed by atoms with Crippen molar-refractivity contribution in [3.8, 4) is 5.75 Å². The van der Waals surface area contributed by atoms with Gasteiger partial charge in [-0.2, -0.15) is 0 Å². The van der Waals surface area contributed by atoms with Gasteiger partial charge in [0.25, 0.3) is 0 Å². The lowest BCUT2D eigenvalue weighted by atomic mass is 10.2. The number of benzene rings is 2. The van der Waals surface area contributed by atoms with E-state index in [1.165, 1.54) is 11.3 Å².